The lowest BCUT2D eigenvalue weighted by atomic mass is 9.98. The Morgan fingerprint density at radius 3 is 2.79 bits per heavy atom. The fourth-order valence-corrected chi connectivity index (χ4v) is 2.35. The number of anilines is 1. The van der Waals surface area contributed by atoms with Gasteiger partial charge in [-0.05, 0) is 63.8 Å². The molecule has 2 N–H and O–H groups in total. The van der Waals surface area contributed by atoms with E-state index in [1.54, 1.807) is 0 Å². The normalized spacial score (nSPS) is 15.0. The van der Waals surface area contributed by atoms with Crippen LogP contribution in [-0.2, 0) is 17.6 Å². The van der Waals surface area contributed by atoms with Crippen LogP contribution in [0.25, 0.3) is 0 Å². The summed E-state index contributed by atoms with van der Waals surface area (Å²) in [6.07, 6.45) is 3.71. The highest BCUT2D eigenvalue weighted by molar-refractivity contribution is 5.93. The maximum absolute atomic E-state index is 11.3. The van der Waals surface area contributed by atoms with Crippen molar-refractivity contribution in [3.05, 3.63) is 29.3 Å². The summed E-state index contributed by atoms with van der Waals surface area (Å²) in [5, 5.41) is 6.43. The quantitative estimate of drug-likeness (QED) is 0.817. The second-order valence-corrected chi connectivity index (χ2v) is 6.32. The zero-order chi connectivity index (χ0) is 13.9. The Hall–Kier alpha value is -1.35. The molecule has 0 aromatic heterocycles. The van der Waals surface area contributed by atoms with Crippen molar-refractivity contribution in [2.75, 3.05) is 11.9 Å². The van der Waals surface area contributed by atoms with Gasteiger partial charge in [0, 0.05) is 17.6 Å². The van der Waals surface area contributed by atoms with Crippen LogP contribution in [0.15, 0.2) is 18.2 Å². The molecule has 1 aliphatic rings. The highest BCUT2D eigenvalue weighted by Crippen LogP contribution is 2.23. The maximum Gasteiger partial charge on any atom is 0.224 e. The average Bonchev–Trinajstić information content (AvgIpc) is 2.33. The number of rotatable bonds is 4. The lowest BCUT2D eigenvalue weighted by molar-refractivity contribution is -0.116. The van der Waals surface area contributed by atoms with Crippen LogP contribution in [0.5, 0.6) is 0 Å². The van der Waals surface area contributed by atoms with Gasteiger partial charge >= 0.3 is 0 Å². The fraction of sp³-hybridized carbons (Fsp3) is 0.562. The molecular formula is C16H24N2O. The van der Waals surface area contributed by atoms with E-state index in [0.29, 0.717) is 6.42 Å². The summed E-state index contributed by atoms with van der Waals surface area (Å²) in [4.78, 5) is 11.3. The summed E-state index contributed by atoms with van der Waals surface area (Å²) < 4.78 is 0. The second kappa shape index (κ2) is 5.74. The molecule has 0 fully saturated rings. The molecule has 1 aliphatic heterocycles. The van der Waals surface area contributed by atoms with Gasteiger partial charge in [0.15, 0.2) is 0 Å². The topological polar surface area (TPSA) is 41.1 Å². The molecule has 0 radical (unpaired) electrons. The summed E-state index contributed by atoms with van der Waals surface area (Å²) in [5.74, 6) is 0.134. The van der Waals surface area contributed by atoms with Crippen molar-refractivity contribution in [1.82, 2.24) is 5.32 Å². The third-order valence-electron chi connectivity index (χ3n) is 3.36. The van der Waals surface area contributed by atoms with Gasteiger partial charge in [-0.25, -0.2) is 0 Å². The van der Waals surface area contributed by atoms with Crippen molar-refractivity contribution < 1.29 is 4.79 Å². The van der Waals surface area contributed by atoms with Gasteiger partial charge in [-0.2, -0.15) is 0 Å². The number of carbonyl (C=O) groups excluding carboxylic acids is 1. The van der Waals surface area contributed by atoms with Gasteiger partial charge in [0.25, 0.3) is 0 Å². The molecule has 0 aliphatic carbocycles. The Bertz CT molecular complexity index is 460. The first kappa shape index (κ1) is 14.1. The first-order valence-corrected chi connectivity index (χ1v) is 7.11. The van der Waals surface area contributed by atoms with E-state index in [4.69, 9.17) is 0 Å². The molecule has 0 saturated heterocycles. The van der Waals surface area contributed by atoms with E-state index in [2.05, 4.69) is 43.5 Å². The van der Waals surface area contributed by atoms with E-state index < -0.39 is 0 Å². The number of fused-ring (bicyclic) bond motifs is 1. The van der Waals surface area contributed by atoms with Crippen molar-refractivity contribution in [2.45, 2.75) is 52.0 Å². The number of carbonyl (C=O) groups is 1. The number of amides is 1. The predicted molar refractivity (Wildman–Crippen MR) is 79.5 cm³/mol. The molecule has 0 saturated carbocycles. The summed E-state index contributed by atoms with van der Waals surface area (Å²) in [6.45, 7) is 7.61. The van der Waals surface area contributed by atoms with E-state index in [1.165, 1.54) is 11.1 Å². The van der Waals surface area contributed by atoms with E-state index in [-0.39, 0.29) is 11.4 Å². The van der Waals surface area contributed by atoms with Crippen LogP contribution in [-0.4, -0.2) is 18.0 Å². The molecule has 1 aromatic rings. The molecule has 2 rings (SSSR count). The monoisotopic (exact) mass is 260 g/mol. The first-order chi connectivity index (χ1) is 8.94. The Morgan fingerprint density at radius 1 is 1.26 bits per heavy atom. The largest absolute Gasteiger partial charge is 0.326 e. The summed E-state index contributed by atoms with van der Waals surface area (Å²) >= 11 is 0. The summed E-state index contributed by atoms with van der Waals surface area (Å²) in [6, 6.07) is 6.41. The standard InChI is InChI=1S/C16H24N2O/c1-16(2,3)17-10-4-5-12-6-8-14-13(11-12)7-9-15(19)18-14/h6,8,11,17H,4-5,7,9-10H2,1-3H3,(H,18,19). The first-order valence-electron chi connectivity index (χ1n) is 7.11. The second-order valence-electron chi connectivity index (χ2n) is 6.32. The molecule has 1 aromatic carbocycles. The molecular weight excluding hydrogens is 236 g/mol. The number of benzene rings is 1. The average molecular weight is 260 g/mol. The van der Waals surface area contributed by atoms with Crippen molar-refractivity contribution >= 4 is 11.6 Å². The number of hydrogen-bond acceptors (Lipinski definition) is 2. The Kier molecular flexibility index (Phi) is 4.25. The zero-order valence-corrected chi connectivity index (χ0v) is 12.2. The van der Waals surface area contributed by atoms with Gasteiger partial charge in [-0.1, -0.05) is 12.1 Å². The van der Waals surface area contributed by atoms with Crippen LogP contribution in [0.4, 0.5) is 5.69 Å². The Labute approximate surface area is 115 Å². The third-order valence-corrected chi connectivity index (χ3v) is 3.36. The Morgan fingerprint density at radius 2 is 2.05 bits per heavy atom. The van der Waals surface area contributed by atoms with E-state index in [0.717, 1.165) is 31.5 Å². The van der Waals surface area contributed by atoms with E-state index in [9.17, 15) is 4.79 Å². The molecule has 19 heavy (non-hydrogen) atoms. The molecule has 104 valence electrons. The third kappa shape index (κ3) is 4.35. The smallest absolute Gasteiger partial charge is 0.224 e. The highest BCUT2D eigenvalue weighted by Gasteiger charge is 2.14. The van der Waals surface area contributed by atoms with Crippen LogP contribution in [0, 0.1) is 0 Å². The fourth-order valence-electron chi connectivity index (χ4n) is 2.35. The minimum absolute atomic E-state index is 0.134. The van der Waals surface area contributed by atoms with Gasteiger partial charge < -0.3 is 10.6 Å². The summed E-state index contributed by atoms with van der Waals surface area (Å²) in [5.41, 5.74) is 3.83. The maximum atomic E-state index is 11.3. The minimum atomic E-state index is 0.134. The zero-order valence-electron chi connectivity index (χ0n) is 12.2. The lowest BCUT2D eigenvalue weighted by Crippen LogP contribution is -2.36. The number of aryl methyl sites for hydroxylation is 2. The van der Waals surface area contributed by atoms with Gasteiger partial charge in [-0.15, -0.1) is 0 Å². The Balaban J connectivity index is 1.87. The van der Waals surface area contributed by atoms with Crippen LogP contribution < -0.4 is 10.6 Å². The number of hydrogen-bond donors (Lipinski definition) is 2. The minimum Gasteiger partial charge on any atom is -0.326 e. The molecule has 1 heterocycles. The van der Waals surface area contributed by atoms with Gasteiger partial charge in [0.2, 0.25) is 5.91 Å². The van der Waals surface area contributed by atoms with Crippen LogP contribution in [0.2, 0.25) is 0 Å². The van der Waals surface area contributed by atoms with Gasteiger partial charge in [0.1, 0.15) is 0 Å². The van der Waals surface area contributed by atoms with Crippen molar-refractivity contribution in [3.63, 3.8) is 0 Å². The molecule has 0 unspecified atom stereocenters. The molecule has 0 bridgehead atoms. The molecule has 0 spiro atoms. The van der Waals surface area contributed by atoms with E-state index in [1.807, 2.05) is 6.07 Å². The van der Waals surface area contributed by atoms with Crippen molar-refractivity contribution in [3.8, 4) is 0 Å². The van der Waals surface area contributed by atoms with Crippen molar-refractivity contribution in [2.24, 2.45) is 0 Å². The van der Waals surface area contributed by atoms with E-state index >= 15 is 0 Å². The molecule has 3 nitrogen and oxygen atoms in total. The predicted octanol–water partition coefficient (Wildman–Crippen LogP) is 2.89. The van der Waals surface area contributed by atoms with Crippen LogP contribution >= 0.6 is 0 Å². The molecule has 1 amide bonds. The van der Waals surface area contributed by atoms with Crippen LogP contribution in [0.1, 0.15) is 44.7 Å². The lowest BCUT2D eigenvalue weighted by Gasteiger charge is -2.20. The van der Waals surface area contributed by atoms with Crippen LogP contribution in [0.3, 0.4) is 0 Å². The summed E-state index contributed by atoms with van der Waals surface area (Å²) in [7, 11) is 0. The SMILES string of the molecule is CC(C)(C)NCCCc1ccc2c(c1)CCC(=O)N2. The molecule has 0 atom stereocenters. The number of nitrogens with one attached hydrogen (secondary N) is 2. The highest BCUT2D eigenvalue weighted by atomic mass is 16.1. The van der Waals surface area contributed by atoms with Crippen molar-refractivity contribution in [1.29, 1.82) is 0 Å². The van der Waals surface area contributed by atoms with Gasteiger partial charge in [0.05, 0.1) is 0 Å². The van der Waals surface area contributed by atoms with Gasteiger partial charge in [-0.3, -0.25) is 4.79 Å². The molecule has 3 heteroatoms.